The number of rotatable bonds is 6. The van der Waals surface area contributed by atoms with E-state index in [2.05, 4.69) is 15.7 Å². The molecule has 4 rings (SSSR count). The van der Waals surface area contributed by atoms with Crippen LogP contribution in [0.1, 0.15) is 49.5 Å². The molecule has 0 spiro atoms. The number of halogens is 1. The molecule has 0 radical (unpaired) electrons. The molecule has 146 valence electrons. The van der Waals surface area contributed by atoms with Crippen molar-refractivity contribution in [1.82, 2.24) is 20.4 Å². The average Bonchev–Trinajstić information content (AvgIpc) is 3.24. The molecule has 27 heavy (non-hydrogen) atoms. The van der Waals surface area contributed by atoms with Crippen molar-refractivity contribution >= 4 is 18.3 Å². The standard InChI is InChI=1S/C20H26N4O2.ClH/c1-2-10-26-18-13-24(17-6-4-3-5-7-17)23-19(18)20(25)22-16-11-14-8-9-15(12-16)21-14;/h3-7,13-16,21H,2,8-12H2,1H3,(H,22,25);1H. The van der Waals surface area contributed by atoms with E-state index in [0.29, 0.717) is 30.1 Å². The topological polar surface area (TPSA) is 68.2 Å². The van der Waals surface area contributed by atoms with Crippen molar-refractivity contribution in [3.05, 3.63) is 42.2 Å². The smallest absolute Gasteiger partial charge is 0.275 e. The second kappa shape index (κ2) is 8.76. The van der Waals surface area contributed by atoms with Gasteiger partial charge < -0.3 is 15.4 Å². The normalized spacial score (nSPS) is 23.5. The summed E-state index contributed by atoms with van der Waals surface area (Å²) in [5.41, 5.74) is 1.28. The molecule has 1 aromatic carbocycles. The summed E-state index contributed by atoms with van der Waals surface area (Å²) in [6, 6.07) is 11.1. The number of benzene rings is 1. The molecule has 2 saturated heterocycles. The largest absolute Gasteiger partial charge is 0.489 e. The maximum atomic E-state index is 12.9. The average molecular weight is 391 g/mol. The van der Waals surface area contributed by atoms with E-state index in [9.17, 15) is 4.79 Å². The number of hydrogen-bond acceptors (Lipinski definition) is 4. The number of aromatic nitrogens is 2. The van der Waals surface area contributed by atoms with Crippen LogP contribution in [0.15, 0.2) is 36.5 Å². The molecule has 2 unspecified atom stereocenters. The minimum absolute atomic E-state index is 0. The highest BCUT2D eigenvalue weighted by molar-refractivity contribution is 5.95. The Bertz CT molecular complexity index is 753. The van der Waals surface area contributed by atoms with E-state index in [1.54, 1.807) is 10.9 Å². The van der Waals surface area contributed by atoms with Crippen molar-refractivity contribution in [2.45, 2.75) is 57.2 Å². The second-order valence-corrected chi connectivity index (χ2v) is 7.25. The predicted molar refractivity (Wildman–Crippen MR) is 107 cm³/mol. The Morgan fingerprint density at radius 1 is 1.26 bits per heavy atom. The summed E-state index contributed by atoms with van der Waals surface area (Å²) < 4.78 is 7.51. The van der Waals surface area contributed by atoms with Gasteiger partial charge in [0.25, 0.3) is 5.91 Å². The van der Waals surface area contributed by atoms with Crippen LogP contribution in [-0.4, -0.2) is 40.4 Å². The van der Waals surface area contributed by atoms with E-state index in [1.165, 1.54) is 12.8 Å². The third-order valence-corrected chi connectivity index (χ3v) is 5.19. The van der Waals surface area contributed by atoms with Crippen molar-refractivity contribution < 1.29 is 9.53 Å². The van der Waals surface area contributed by atoms with Gasteiger partial charge >= 0.3 is 0 Å². The van der Waals surface area contributed by atoms with Crippen molar-refractivity contribution in [3.8, 4) is 11.4 Å². The van der Waals surface area contributed by atoms with Crippen molar-refractivity contribution in [2.75, 3.05) is 6.61 Å². The van der Waals surface area contributed by atoms with Crippen LogP contribution in [0.25, 0.3) is 5.69 Å². The van der Waals surface area contributed by atoms with Crippen LogP contribution in [0.4, 0.5) is 0 Å². The van der Waals surface area contributed by atoms with Gasteiger partial charge in [-0.15, -0.1) is 12.4 Å². The van der Waals surface area contributed by atoms with Crippen LogP contribution >= 0.6 is 12.4 Å². The first-order valence-corrected chi connectivity index (χ1v) is 9.57. The maximum absolute atomic E-state index is 12.9. The van der Waals surface area contributed by atoms with Crippen molar-refractivity contribution in [1.29, 1.82) is 0 Å². The molecule has 3 heterocycles. The lowest BCUT2D eigenvalue weighted by molar-refractivity contribution is 0.0914. The van der Waals surface area contributed by atoms with E-state index in [4.69, 9.17) is 4.74 Å². The molecule has 2 aromatic rings. The summed E-state index contributed by atoms with van der Waals surface area (Å²) in [6.45, 7) is 2.62. The van der Waals surface area contributed by atoms with Crippen LogP contribution in [-0.2, 0) is 0 Å². The number of fused-ring (bicyclic) bond motifs is 2. The van der Waals surface area contributed by atoms with Gasteiger partial charge in [-0.05, 0) is 44.2 Å². The zero-order valence-corrected chi connectivity index (χ0v) is 16.4. The van der Waals surface area contributed by atoms with Crippen LogP contribution in [0.3, 0.4) is 0 Å². The quantitative estimate of drug-likeness (QED) is 0.795. The zero-order chi connectivity index (χ0) is 17.9. The Labute approximate surface area is 166 Å². The summed E-state index contributed by atoms with van der Waals surface area (Å²) in [4.78, 5) is 12.9. The van der Waals surface area contributed by atoms with Gasteiger partial charge in [-0.2, -0.15) is 5.10 Å². The first-order chi connectivity index (χ1) is 12.7. The Balaban J connectivity index is 0.00000210. The number of piperidine rings is 1. The zero-order valence-electron chi connectivity index (χ0n) is 15.6. The fraction of sp³-hybridized carbons (Fsp3) is 0.500. The molecule has 7 heteroatoms. The molecule has 2 fully saturated rings. The number of para-hydroxylation sites is 1. The van der Waals surface area contributed by atoms with Gasteiger partial charge in [0.1, 0.15) is 0 Å². The van der Waals surface area contributed by atoms with Crippen LogP contribution in [0.5, 0.6) is 5.75 Å². The number of amides is 1. The van der Waals surface area contributed by atoms with Gasteiger partial charge in [-0.25, -0.2) is 4.68 Å². The monoisotopic (exact) mass is 390 g/mol. The fourth-order valence-electron chi connectivity index (χ4n) is 3.97. The minimum Gasteiger partial charge on any atom is -0.489 e. The highest BCUT2D eigenvalue weighted by Crippen LogP contribution is 2.27. The summed E-state index contributed by atoms with van der Waals surface area (Å²) in [6.07, 6.45) is 7.09. The van der Waals surface area contributed by atoms with E-state index in [-0.39, 0.29) is 24.4 Å². The number of carbonyl (C=O) groups is 1. The molecule has 2 atom stereocenters. The van der Waals surface area contributed by atoms with Crippen molar-refractivity contribution in [2.24, 2.45) is 0 Å². The van der Waals surface area contributed by atoms with E-state index >= 15 is 0 Å². The first-order valence-electron chi connectivity index (χ1n) is 9.57. The molecular formula is C20H27ClN4O2. The lowest BCUT2D eigenvalue weighted by Crippen LogP contribution is -2.48. The second-order valence-electron chi connectivity index (χ2n) is 7.25. The fourth-order valence-corrected chi connectivity index (χ4v) is 3.97. The van der Waals surface area contributed by atoms with Crippen LogP contribution in [0, 0.1) is 0 Å². The molecule has 0 saturated carbocycles. The Morgan fingerprint density at radius 3 is 2.63 bits per heavy atom. The third kappa shape index (κ3) is 4.45. The van der Waals surface area contributed by atoms with Gasteiger partial charge in [-0.1, -0.05) is 25.1 Å². The maximum Gasteiger partial charge on any atom is 0.275 e. The highest BCUT2D eigenvalue weighted by Gasteiger charge is 2.34. The summed E-state index contributed by atoms with van der Waals surface area (Å²) >= 11 is 0. The molecule has 2 bridgehead atoms. The molecule has 2 aliphatic rings. The van der Waals surface area contributed by atoms with Crippen molar-refractivity contribution in [3.63, 3.8) is 0 Å². The van der Waals surface area contributed by atoms with Gasteiger partial charge in [0.15, 0.2) is 11.4 Å². The predicted octanol–water partition coefficient (Wildman–Crippen LogP) is 3.10. The van der Waals surface area contributed by atoms with Gasteiger partial charge in [-0.3, -0.25) is 4.79 Å². The highest BCUT2D eigenvalue weighted by atomic mass is 35.5. The van der Waals surface area contributed by atoms with Gasteiger partial charge in [0.2, 0.25) is 0 Å². The van der Waals surface area contributed by atoms with E-state index in [0.717, 1.165) is 24.9 Å². The van der Waals surface area contributed by atoms with Gasteiger partial charge in [0, 0.05) is 18.1 Å². The number of nitrogens with zero attached hydrogens (tertiary/aromatic N) is 2. The van der Waals surface area contributed by atoms with Gasteiger partial charge in [0.05, 0.1) is 18.5 Å². The molecule has 1 amide bonds. The SMILES string of the molecule is CCCOc1cn(-c2ccccc2)nc1C(=O)NC1CC2CCC(C1)N2.Cl. The molecule has 2 N–H and O–H groups in total. The number of ether oxygens (including phenoxy) is 1. The van der Waals surface area contributed by atoms with E-state index in [1.807, 2.05) is 37.3 Å². The molecule has 6 nitrogen and oxygen atoms in total. The molecule has 1 aromatic heterocycles. The Kier molecular flexibility index (Phi) is 6.39. The number of hydrogen-bond donors (Lipinski definition) is 2. The Hall–Kier alpha value is -2.05. The molecule has 2 aliphatic heterocycles. The summed E-state index contributed by atoms with van der Waals surface area (Å²) in [7, 11) is 0. The molecule has 0 aliphatic carbocycles. The lowest BCUT2D eigenvalue weighted by atomic mass is 10.00. The van der Waals surface area contributed by atoms with E-state index < -0.39 is 0 Å². The third-order valence-electron chi connectivity index (χ3n) is 5.19. The Morgan fingerprint density at radius 2 is 1.96 bits per heavy atom. The number of nitrogens with one attached hydrogen (secondary N) is 2. The summed E-state index contributed by atoms with van der Waals surface area (Å²) in [5.74, 6) is 0.405. The van der Waals surface area contributed by atoms with Crippen LogP contribution < -0.4 is 15.4 Å². The molecular weight excluding hydrogens is 364 g/mol. The number of carbonyl (C=O) groups excluding carboxylic acids is 1. The first kappa shape index (κ1) is 19.7. The minimum atomic E-state index is -0.142. The summed E-state index contributed by atoms with van der Waals surface area (Å²) in [5, 5.41) is 11.3. The van der Waals surface area contributed by atoms with Crippen LogP contribution in [0.2, 0.25) is 0 Å². The lowest BCUT2D eigenvalue weighted by Gasteiger charge is -2.29.